The van der Waals surface area contributed by atoms with Crippen LogP contribution < -0.4 is 10.6 Å². The molecule has 3 N–H and O–H groups in total. The number of ketones is 1. The minimum absolute atomic E-state index is 0.0263. The normalized spacial score (nSPS) is 15.5. The summed E-state index contributed by atoms with van der Waals surface area (Å²) in [6.07, 6.45) is 5.07. The third kappa shape index (κ3) is 4.28. The monoisotopic (exact) mass is 512 g/mol. The van der Waals surface area contributed by atoms with Gasteiger partial charge in [0.25, 0.3) is 0 Å². The highest BCUT2D eigenvalue weighted by Crippen LogP contribution is 2.32. The average molecular weight is 513 g/mol. The molecule has 1 aliphatic heterocycles. The van der Waals surface area contributed by atoms with E-state index in [1.807, 2.05) is 24.3 Å². The molecule has 0 spiro atoms. The lowest BCUT2D eigenvalue weighted by Gasteiger charge is -2.33. The first kappa shape index (κ1) is 23.8. The summed E-state index contributed by atoms with van der Waals surface area (Å²) >= 11 is 0. The standard InChI is InChI=1S/C28H25FN6O3/c1-30-28(37)24-12-18-23(34-21-4-2-3-19(29)26(18)21)14-35(24)15-25(36)27-16(7-10-38-27)13-33-17-5-6-20-22(11-17)32-9-8-31-20/h2-11,24,33-34H,12-15H2,1H3,(H,30,37). The molecule has 1 amide bonds. The van der Waals surface area contributed by atoms with Crippen molar-refractivity contribution in [3.05, 3.63) is 89.5 Å². The van der Waals surface area contributed by atoms with Crippen molar-refractivity contribution in [3.63, 3.8) is 0 Å². The lowest BCUT2D eigenvalue weighted by Crippen LogP contribution is -2.51. The van der Waals surface area contributed by atoms with Gasteiger partial charge in [0.15, 0.2) is 5.76 Å². The Balaban J connectivity index is 1.21. The molecule has 0 radical (unpaired) electrons. The van der Waals surface area contributed by atoms with Gasteiger partial charge in [0.05, 0.1) is 29.9 Å². The summed E-state index contributed by atoms with van der Waals surface area (Å²) in [5.74, 6) is -0.556. The van der Waals surface area contributed by atoms with Crippen LogP contribution in [-0.2, 0) is 24.3 Å². The van der Waals surface area contributed by atoms with Gasteiger partial charge in [0.2, 0.25) is 11.7 Å². The quantitative estimate of drug-likeness (QED) is 0.284. The van der Waals surface area contributed by atoms with E-state index in [9.17, 15) is 14.0 Å². The highest BCUT2D eigenvalue weighted by Gasteiger charge is 2.35. The molecule has 0 saturated heterocycles. The second-order valence-electron chi connectivity index (χ2n) is 9.30. The maximum atomic E-state index is 14.6. The van der Waals surface area contributed by atoms with E-state index in [2.05, 4.69) is 25.6 Å². The molecule has 38 heavy (non-hydrogen) atoms. The van der Waals surface area contributed by atoms with Crippen LogP contribution in [0.3, 0.4) is 0 Å². The molecule has 0 saturated carbocycles. The number of hydrogen-bond donors (Lipinski definition) is 3. The lowest BCUT2D eigenvalue weighted by molar-refractivity contribution is -0.126. The number of furan rings is 1. The number of likely N-dealkylation sites (N-methyl/N-ethyl adjacent to an activating group) is 1. The maximum Gasteiger partial charge on any atom is 0.237 e. The van der Waals surface area contributed by atoms with Crippen LogP contribution in [0.5, 0.6) is 0 Å². The van der Waals surface area contributed by atoms with Crippen molar-refractivity contribution in [2.45, 2.75) is 25.6 Å². The molecule has 0 bridgehead atoms. The predicted molar refractivity (Wildman–Crippen MR) is 140 cm³/mol. The number of hydrogen-bond acceptors (Lipinski definition) is 7. The number of halogens is 1. The van der Waals surface area contributed by atoms with Gasteiger partial charge < -0.3 is 20.0 Å². The molecule has 192 valence electrons. The van der Waals surface area contributed by atoms with Gasteiger partial charge in [-0.15, -0.1) is 0 Å². The lowest BCUT2D eigenvalue weighted by atomic mass is 9.95. The topological polar surface area (TPSA) is 116 Å². The fourth-order valence-corrected chi connectivity index (χ4v) is 5.16. The second kappa shape index (κ2) is 9.71. The molecule has 2 aromatic carbocycles. The molecule has 4 heterocycles. The second-order valence-corrected chi connectivity index (χ2v) is 9.30. The number of carbonyl (C=O) groups is 2. The number of aromatic nitrogens is 3. The fraction of sp³-hybridized carbons (Fsp3) is 0.214. The van der Waals surface area contributed by atoms with Gasteiger partial charge in [0, 0.05) is 60.4 Å². The third-order valence-corrected chi connectivity index (χ3v) is 7.01. The highest BCUT2D eigenvalue weighted by atomic mass is 19.1. The minimum Gasteiger partial charge on any atom is -0.461 e. The van der Waals surface area contributed by atoms with E-state index in [1.165, 1.54) is 12.3 Å². The van der Waals surface area contributed by atoms with E-state index in [0.717, 1.165) is 28.0 Å². The summed E-state index contributed by atoms with van der Waals surface area (Å²) < 4.78 is 20.2. The molecule has 1 aliphatic rings. The van der Waals surface area contributed by atoms with E-state index in [0.29, 0.717) is 36.0 Å². The van der Waals surface area contributed by atoms with Gasteiger partial charge in [-0.25, -0.2) is 4.39 Å². The first-order valence-electron chi connectivity index (χ1n) is 12.3. The molecule has 5 aromatic rings. The van der Waals surface area contributed by atoms with E-state index in [-0.39, 0.29) is 29.8 Å². The van der Waals surface area contributed by atoms with Crippen molar-refractivity contribution in [1.29, 1.82) is 0 Å². The van der Waals surface area contributed by atoms with E-state index in [4.69, 9.17) is 4.42 Å². The Bertz CT molecular complexity index is 1680. The van der Waals surface area contributed by atoms with Crippen LogP contribution >= 0.6 is 0 Å². The number of nitrogens with zero attached hydrogens (tertiary/aromatic N) is 3. The third-order valence-electron chi connectivity index (χ3n) is 7.01. The average Bonchev–Trinajstić information content (AvgIpc) is 3.55. The van der Waals surface area contributed by atoms with E-state index < -0.39 is 6.04 Å². The summed E-state index contributed by atoms with van der Waals surface area (Å²) in [7, 11) is 1.56. The number of benzene rings is 2. The Morgan fingerprint density at radius 1 is 1.16 bits per heavy atom. The van der Waals surface area contributed by atoms with Gasteiger partial charge in [-0.05, 0) is 48.4 Å². The van der Waals surface area contributed by atoms with Gasteiger partial charge in [-0.3, -0.25) is 24.5 Å². The molecule has 10 heteroatoms. The number of nitrogens with one attached hydrogen (secondary N) is 3. The number of Topliss-reactive ketones (excluding diaryl/α,β-unsaturated/α-hetero) is 1. The van der Waals surface area contributed by atoms with Crippen LogP contribution in [-0.4, -0.2) is 51.2 Å². The first-order chi connectivity index (χ1) is 18.5. The molecule has 1 atom stereocenters. The van der Waals surface area contributed by atoms with Crippen LogP contribution in [0.25, 0.3) is 21.9 Å². The summed E-state index contributed by atoms with van der Waals surface area (Å²) in [6, 6.07) is 11.7. The number of amides is 1. The Hall–Kier alpha value is -4.57. The molecule has 1 unspecified atom stereocenters. The van der Waals surface area contributed by atoms with Crippen LogP contribution in [0.15, 0.2) is 65.5 Å². The zero-order valence-corrected chi connectivity index (χ0v) is 20.6. The highest BCUT2D eigenvalue weighted by molar-refractivity contribution is 5.97. The summed E-state index contributed by atoms with van der Waals surface area (Å²) in [5.41, 5.74) is 5.37. The van der Waals surface area contributed by atoms with Gasteiger partial charge in [-0.2, -0.15) is 0 Å². The Morgan fingerprint density at radius 3 is 2.84 bits per heavy atom. The largest absolute Gasteiger partial charge is 0.461 e. The van der Waals surface area contributed by atoms with E-state index in [1.54, 1.807) is 36.5 Å². The number of H-pyrrole nitrogens is 1. The van der Waals surface area contributed by atoms with Gasteiger partial charge in [-0.1, -0.05) is 6.07 Å². The molecule has 3 aromatic heterocycles. The van der Waals surface area contributed by atoms with Gasteiger partial charge in [0.1, 0.15) is 5.82 Å². The van der Waals surface area contributed by atoms with Crippen molar-refractivity contribution in [3.8, 4) is 0 Å². The smallest absolute Gasteiger partial charge is 0.237 e. The molecule has 0 aliphatic carbocycles. The van der Waals surface area contributed by atoms with Crippen molar-refractivity contribution in [1.82, 2.24) is 25.2 Å². The maximum absolute atomic E-state index is 14.6. The molecule has 6 rings (SSSR count). The number of fused-ring (bicyclic) bond motifs is 4. The van der Waals surface area contributed by atoms with Crippen molar-refractivity contribution in [2.24, 2.45) is 0 Å². The zero-order valence-electron chi connectivity index (χ0n) is 20.6. The Morgan fingerprint density at radius 2 is 2.00 bits per heavy atom. The number of carbonyl (C=O) groups excluding carboxylic acids is 2. The van der Waals surface area contributed by atoms with Crippen molar-refractivity contribution >= 4 is 39.3 Å². The number of anilines is 1. The molecular formula is C28H25FN6O3. The van der Waals surface area contributed by atoms with E-state index >= 15 is 0 Å². The number of rotatable bonds is 7. The summed E-state index contributed by atoms with van der Waals surface area (Å²) in [6.45, 7) is 0.648. The summed E-state index contributed by atoms with van der Waals surface area (Å²) in [4.78, 5) is 39.9. The van der Waals surface area contributed by atoms with Gasteiger partial charge >= 0.3 is 0 Å². The van der Waals surface area contributed by atoms with Crippen molar-refractivity contribution in [2.75, 3.05) is 18.9 Å². The van der Waals surface area contributed by atoms with Crippen LogP contribution in [0, 0.1) is 5.82 Å². The Labute approximate surface area is 217 Å². The predicted octanol–water partition coefficient (Wildman–Crippen LogP) is 3.81. The first-order valence-corrected chi connectivity index (χ1v) is 12.3. The van der Waals surface area contributed by atoms with Crippen molar-refractivity contribution < 1.29 is 18.4 Å². The number of aromatic amines is 1. The minimum atomic E-state index is -0.620. The van der Waals surface area contributed by atoms with Crippen LogP contribution in [0.1, 0.15) is 27.4 Å². The SMILES string of the molecule is CNC(=O)C1Cc2c([nH]c3cccc(F)c23)CN1CC(=O)c1occc1CNc1ccc2nccnc2c1. The summed E-state index contributed by atoms with van der Waals surface area (Å²) in [5, 5.41) is 6.49. The fourth-order valence-electron chi connectivity index (χ4n) is 5.16. The van der Waals surface area contributed by atoms with Crippen LogP contribution in [0.2, 0.25) is 0 Å². The zero-order chi connectivity index (χ0) is 26.2. The van der Waals surface area contributed by atoms with Crippen LogP contribution in [0.4, 0.5) is 10.1 Å². The molecule has 0 fully saturated rings. The molecular weight excluding hydrogens is 487 g/mol. The molecule has 9 nitrogen and oxygen atoms in total. The Kier molecular flexibility index (Phi) is 6.09.